The first-order valence-corrected chi connectivity index (χ1v) is 18.4. The van der Waals surface area contributed by atoms with Crippen LogP contribution in [0.3, 0.4) is 0 Å². The van der Waals surface area contributed by atoms with Crippen LogP contribution in [0, 0.1) is 57.2 Å². The molecule has 5 rings (SSSR count). The van der Waals surface area contributed by atoms with Gasteiger partial charge in [0.2, 0.25) is 0 Å². The summed E-state index contributed by atoms with van der Waals surface area (Å²) in [6, 6.07) is 12.4. The minimum Gasteiger partial charge on any atom is -0.337 e. The van der Waals surface area contributed by atoms with E-state index >= 15 is 0 Å². The standard InChI is InChI=1S/C36H38N6S3/c1-5-9-11-23(7-3)21-41-29-15-27(13-25(17-37)18-38)43-33(29)35-31(41)32-36(45-35)34-30(16-28(44-34)14-26(19-39)20-40)42(32)22-24(8-4)12-10-6-2/h13-16,23-24H,5-12,21-22H2,1-4H3. The molecule has 0 N–H and O–H groups in total. The highest BCUT2D eigenvalue weighted by Gasteiger charge is 2.27. The van der Waals surface area contributed by atoms with Crippen molar-refractivity contribution < 1.29 is 0 Å². The van der Waals surface area contributed by atoms with Crippen molar-refractivity contribution in [2.45, 2.75) is 92.2 Å². The predicted molar refractivity (Wildman–Crippen MR) is 191 cm³/mol. The summed E-state index contributed by atoms with van der Waals surface area (Å²) >= 11 is 5.16. The Labute approximate surface area is 277 Å². The summed E-state index contributed by atoms with van der Waals surface area (Å²) in [5.74, 6) is 1.10. The van der Waals surface area contributed by atoms with Crippen molar-refractivity contribution in [3.05, 3.63) is 33.0 Å². The maximum absolute atomic E-state index is 9.42. The molecule has 230 valence electrons. The molecule has 0 bridgehead atoms. The first kappa shape index (κ1) is 32.5. The van der Waals surface area contributed by atoms with Gasteiger partial charge in [0.05, 0.1) is 40.9 Å². The molecule has 45 heavy (non-hydrogen) atoms. The van der Waals surface area contributed by atoms with Crippen LogP contribution in [0.15, 0.2) is 23.3 Å². The zero-order valence-electron chi connectivity index (χ0n) is 26.4. The van der Waals surface area contributed by atoms with Gasteiger partial charge in [-0.2, -0.15) is 21.0 Å². The highest BCUT2D eigenvalue weighted by molar-refractivity contribution is 7.34. The van der Waals surface area contributed by atoms with Gasteiger partial charge in [-0.25, -0.2) is 0 Å². The molecule has 5 aromatic rings. The van der Waals surface area contributed by atoms with Crippen LogP contribution in [0.5, 0.6) is 0 Å². The highest BCUT2D eigenvalue weighted by atomic mass is 32.1. The van der Waals surface area contributed by atoms with Gasteiger partial charge in [-0.05, 0) is 49.0 Å². The summed E-state index contributed by atoms with van der Waals surface area (Å²) in [6.45, 7) is 10.9. The van der Waals surface area contributed by atoms with Gasteiger partial charge < -0.3 is 9.13 Å². The molecule has 0 aliphatic rings. The minimum absolute atomic E-state index is 0.117. The van der Waals surface area contributed by atoms with E-state index in [2.05, 4.69) is 49.0 Å². The van der Waals surface area contributed by atoms with E-state index in [4.69, 9.17) is 0 Å². The van der Waals surface area contributed by atoms with Crippen LogP contribution < -0.4 is 0 Å². The molecule has 0 radical (unpaired) electrons. The maximum atomic E-state index is 9.42. The zero-order chi connectivity index (χ0) is 32.1. The van der Waals surface area contributed by atoms with Crippen molar-refractivity contribution in [3.8, 4) is 24.3 Å². The number of unbranched alkanes of at least 4 members (excludes halogenated alkanes) is 2. The van der Waals surface area contributed by atoms with E-state index in [0.29, 0.717) is 11.8 Å². The number of allylic oxidation sites excluding steroid dienone is 2. The summed E-state index contributed by atoms with van der Waals surface area (Å²) in [5.41, 5.74) is 5.19. The van der Waals surface area contributed by atoms with Crippen LogP contribution in [0.2, 0.25) is 0 Å². The molecule has 5 heterocycles. The van der Waals surface area contributed by atoms with Gasteiger partial charge in [-0.3, -0.25) is 0 Å². The van der Waals surface area contributed by atoms with E-state index in [1.165, 1.54) is 79.4 Å². The zero-order valence-corrected chi connectivity index (χ0v) is 28.9. The Kier molecular flexibility index (Phi) is 10.5. The fourth-order valence-corrected chi connectivity index (χ4v) is 10.1. The van der Waals surface area contributed by atoms with E-state index in [9.17, 15) is 21.0 Å². The molecule has 0 fully saturated rings. The molecule has 5 aromatic heterocycles. The molecule has 0 amide bonds. The SMILES string of the molecule is CCCCC(CC)Cn1c2cc(C=C(C#N)C#N)sc2c2sc3c4sc(C=C(C#N)C#N)cc4n(CC(CC)CCCC)c3c21. The second-order valence-corrected chi connectivity index (χ2v) is 15.0. The first-order valence-electron chi connectivity index (χ1n) is 16.0. The summed E-state index contributed by atoms with van der Waals surface area (Å²) < 4.78 is 10.0. The maximum Gasteiger partial charge on any atom is 0.131 e. The summed E-state index contributed by atoms with van der Waals surface area (Å²) in [5, 5.41) is 37.7. The Bertz CT molecular complexity index is 1900. The summed E-state index contributed by atoms with van der Waals surface area (Å²) in [4.78, 5) is 1.85. The van der Waals surface area contributed by atoms with E-state index < -0.39 is 0 Å². The van der Waals surface area contributed by atoms with Gasteiger partial charge in [0.15, 0.2) is 0 Å². The molecule has 9 heteroatoms. The van der Waals surface area contributed by atoms with Crippen LogP contribution in [0.4, 0.5) is 0 Å². The Balaban J connectivity index is 1.82. The molecule has 0 aromatic carbocycles. The molecule has 2 unspecified atom stereocenters. The third kappa shape index (κ3) is 6.32. The third-order valence-corrected chi connectivity index (χ3v) is 12.5. The number of aromatic nitrogens is 2. The highest BCUT2D eigenvalue weighted by Crippen LogP contribution is 2.50. The van der Waals surface area contributed by atoms with Crippen LogP contribution in [0.1, 0.15) is 88.8 Å². The first-order chi connectivity index (χ1) is 21.9. The number of thiophene rings is 3. The van der Waals surface area contributed by atoms with Gasteiger partial charge >= 0.3 is 0 Å². The Hall–Kier alpha value is -3.86. The van der Waals surface area contributed by atoms with E-state index in [1.807, 2.05) is 35.6 Å². The molecular weight excluding hydrogens is 613 g/mol. The molecule has 2 atom stereocenters. The average Bonchev–Trinajstić information content (AvgIpc) is 3.85. The lowest BCUT2D eigenvalue weighted by Crippen LogP contribution is -2.12. The number of nitriles is 4. The molecule has 0 saturated heterocycles. The Morgan fingerprint density at radius 2 is 1.04 bits per heavy atom. The van der Waals surface area contributed by atoms with Crippen molar-refractivity contribution in [2.24, 2.45) is 11.8 Å². The molecule has 6 nitrogen and oxygen atoms in total. The Morgan fingerprint density at radius 1 is 0.644 bits per heavy atom. The number of fused-ring (bicyclic) bond motifs is 7. The van der Waals surface area contributed by atoms with Crippen LogP contribution in [0.25, 0.3) is 53.0 Å². The van der Waals surface area contributed by atoms with Gasteiger partial charge in [0.25, 0.3) is 0 Å². The Morgan fingerprint density at radius 3 is 1.38 bits per heavy atom. The number of nitrogens with zero attached hydrogens (tertiary/aromatic N) is 6. The smallest absolute Gasteiger partial charge is 0.131 e. The second kappa shape index (κ2) is 14.5. The minimum atomic E-state index is 0.117. The summed E-state index contributed by atoms with van der Waals surface area (Å²) in [7, 11) is 0. The van der Waals surface area contributed by atoms with Gasteiger partial charge in [-0.1, -0.05) is 66.2 Å². The summed E-state index contributed by atoms with van der Waals surface area (Å²) in [6.07, 6.45) is 12.8. The second-order valence-electron chi connectivity index (χ2n) is 11.8. The monoisotopic (exact) mass is 650 g/mol. The van der Waals surface area contributed by atoms with Gasteiger partial charge in [-0.15, -0.1) is 34.0 Å². The molecule has 0 aliphatic heterocycles. The number of rotatable bonds is 14. The number of hydrogen-bond acceptors (Lipinski definition) is 7. The van der Waals surface area contributed by atoms with Crippen LogP contribution in [-0.4, -0.2) is 9.13 Å². The fraction of sp³-hybridized carbons (Fsp3) is 0.444. The third-order valence-electron chi connectivity index (χ3n) is 8.88. The normalized spacial score (nSPS) is 12.6. The van der Waals surface area contributed by atoms with Crippen LogP contribution in [-0.2, 0) is 13.1 Å². The fourth-order valence-electron chi connectivity index (χ4n) is 6.33. The van der Waals surface area contributed by atoms with E-state index in [1.54, 1.807) is 34.8 Å². The number of hydrogen-bond donors (Lipinski definition) is 0. The molecule has 0 aliphatic carbocycles. The van der Waals surface area contributed by atoms with E-state index in [0.717, 1.165) is 35.7 Å². The lowest BCUT2D eigenvalue weighted by Gasteiger charge is -2.19. The van der Waals surface area contributed by atoms with E-state index in [-0.39, 0.29) is 11.1 Å². The van der Waals surface area contributed by atoms with Crippen molar-refractivity contribution in [2.75, 3.05) is 0 Å². The average molecular weight is 651 g/mol. The van der Waals surface area contributed by atoms with Gasteiger partial charge in [0.1, 0.15) is 35.4 Å². The quantitative estimate of drug-likeness (QED) is 0.111. The largest absolute Gasteiger partial charge is 0.337 e. The van der Waals surface area contributed by atoms with Crippen molar-refractivity contribution in [1.82, 2.24) is 9.13 Å². The van der Waals surface area contributed by atoms with Crippen LogP contribution >= 0.6 is 34.0 Å². The molecular formula is C36H38N6S3. The molecule has 0 spiro atoms. The van der Waals surface area contributed by atoms with Crippen molar-refractivity contribution >= 4 is 87.0 Å². The lowest BCUT2D eigenvalue weighted by atomic mass is 9.99. The van der Waals surface area contributed by atoms with Gasteiger partial charge in [0, 0.05) is 22.8 Å². The van der Waals surface area contributed by atoms with Crippen molar-refractivity contribution in [1.29, 1.82) is 21.0 Å². The topological polar surface area (TPSA) is 105 Å². The lowest BCUT2D eigenvalue weighted by molar-refractivity contribution is 0.398. The molecule has 0 saturated carbocycles. The van der Waals surface area contributed by atoms with Crippen molar-refractivity contribution in [3.63, 3.8) is 0 Å². The predicted octanol–water partition coefficient (Wildman–Crippen LogP) is 11.4.